The van der Waals surface area contributed by atoms with Crippen LogP contribution in [0.1, 0.15) is 27.2 Å². The first-order valence-corrected chi connectivity index (χ1v) is 8.81. The van der Waals surface area contributed by atoms with Gasteiger partial charge < -0.3 is 5.32 Å². The zero-order chi connectivity index (χ0) is 15.3. The van der Waals surface area contributed by atoms with Crippen LogP contribution in [0.5, 0.6) is 0 Å². The fourth-order valence-electron chi connectivity index (χ4n) is 1.69. The Kier molecular flexibility index (Phi) is 5.42. The summed E-state index contributed by atoms with van der Waals surface area (Å²) in [7, 11) is 0. The Labute approximate surface area is 134 Å². The SMILES string of the molecule is CCC(C)(C)NC(=O)CSc1nc(-c2ccccc2)cs1. The lowest BCUT2D eigenvalue weighted by molar-refractivity contribution is -0.120. The van der Waals surface area contributed by atoms with E-state index in [1.165, 1.54) is 11.8 Å². The number of nitrogens with zero attached hydrogens (tertiary/aromatic N) is 1. The van der Waals surface area contributed by atoms with E-state index < -0.39 is 0 Å². The van der Waals surface area contributed by atoms with Crippen molar-refractivity contribution in [2.75, 3.05) is 5.75 Å². The van der Waals surface area contributed by atoms with Crippen molar-refractivity contribution in [1.29, 1.82) is 0 Å². The molecule has 0 aliphatic rings. The monoisotopic (exact) mass is 320 g/mol. The van der Waals surface area contributed by atoms with Crippen molar-refractivity contribution in [3.05, 3.63) is 35.7 Å². The summed E-state index contributed by atoms with van der Waals surface area (Å²) in [5.74, 6) is 0.467. The van der Waals surface area contributed by atoms with Crippen molar-refractivity contribution in [2.45, 2.75) is 37.1 Å². The van der Waals surface area contributed by atoms with Crippen LogP contribution in [0.25, 0.3) is 11.3 Å². The van der Waals surface area contributed by atoms with E-state index in [1.807, 2.05) is 49.6 Å². The highest BCUT2D eigenvalue weighted by Crippen LogP contribution is 2.28. The molecule has 1 N–H and O–H groups in total. The van der Waals surface area contributed by atoms with Crippen molar-refractivity contribution in [2.24, 2.45) is 0 Å². The highest BCUT2D eigenvalue weighted by Gasteiger charge is 2.18. The minimum absolute atomic E-state index is 0.0586. The lowest BCUT2D eigenvalue weighted by Gasteiger charge is -2.24. The number of rotatable bonds is 6. The summed E-state index contributed by atoms with van der Waals surface area (Å²) in [6.45, 7) is 6.14. The normalized spacial score (nSPS) is 11.4. The van der Waals surface area contributed by atoms with Gasteiger partial charge in [-0.2, -0.15) is 0 Å². The van der Waals surface area contributed by atoms with Gasteiger partial charge in [0.25, 0.3) is 0 Å². The average Bonchev–Trinajstić information content (AvgIpc) is 2.95. The van der Waals surface area contributed by atoms with Gasteiger partial charge in [-0.25, -0.2) is 4.98 Å². The van der Waals surface area contributed by atoms with E-state index in [-0.39, 0.29) is 11.4 Å². The summed E-state index contributed by atoms with van der Waals surface area (Å²) in [6, 6.07) is 10.1. The fraction of sp³-hybridized carbons (Fsp3) is 0.375. The molecule has 0 aliphatic carbocycles. The Morgan fingerprint density at radius 2 is 2.05 bits per heavy atom. The summed E-state index contributed by atoms with van der Waals surface area (Å²) in [4.78, 5) is 16.5. The Hall–Kier alpha value is -1.33. The number of nitrogens with one attached hydrogen (secondary N) is 1. The average molecular weight is 320 g/mol. The van der Waals surface area contributed by atoms with Gasteiger partial charge in [0.05, 0.1) is 11.4 Å². The number of benzene rings is 1. The molecule has 0 saturated heterocycles. The first-order chi connectivity index (χ1) is 10.00. The molecule has 1 aromatic carbocycles. The van der Waals surface area contributed by atoms with Gasteiger partial charge in [0.15, 0.2) is 4.34 Å². The number of thioether (sulfide) groups is 1. The Bertz CT molecular complexity index is 593. The molecule has 0 bridgehead atoms. The molecule has 0 atom stereocenters. The van der Waals surface area contributed by atoms with Crippen molar-refractivity contribution >= 4 is 29.0 Å². The largest absolute Gasteiger partial charge is 0.351 e. The molecule has 21 heavy (non-hydrogen) atoms. The number of thiazole rings is 1. The number of hydrogen-bond donors (Lipinski definition) is 1. The van der Waals surface area contributed by atoms with Gasteiger partial charge in [0.2, 0.25) is 5.91 Å². The van der Waals surface area contributed by atoms with Crippen molar-refractivity contribution in [1.82, 2.24) is 10.3 Å². The maximum absolute atomic E-state index is 11.9. The van der Waals surface area contributed by atoms with Crippen LogP contribution in [0.15, 0.2) is 40.1 Å². The van der Waals surface area contributed by atoms with E-state index in [1.54, 1.807) is 11.3 Å². The molecule has 0 fully saturated rings. The Morgan fingerprint density at radius 3 is 2.71 bits per heavy atom. The van der Waals surface area contributed by atoms with Crippen LogP contribution in [-0.2, 0) is 4.79 Å². The highest BCUT2D eigenvalue weighted by molar-refractivity contribution is 8.01. The number of hydrogen-bond acceptors (Lipinski definition) is 4. The predicted molar refractivity (Wildman–Crippen MR) is 90.8 cm³/mol. The zero-order valence-electron chi connectivity index (χ0n) is 12.6. The molecule has 0 spiro atoms. The molecule has 2 rings (SSSR count). The molecule has 5 heteroatoms. The molecule has 1 heterocycles. The third-order valence-electron chi connectivity index (χ3n) is 3.24. The van der Waals surface area contributed by atoms with Gasteiger partial charge in [-0.15, -0.1) is 11.3 Å². The zero-order valence-corrected chi connectivity index (χ0v) is 14.2. The Morgan fingerprint density at radius 1 is 1.33 bits per heavy atom. The summed E-state index contributed by atoms with van der Waals surface area (Å²) in [5, 5.41) is 5.07. The van der Waals surface area contributed by atoms with Crippen molar-refractivity contribution in [3.63, 3.8) is 0 Å². The molecule has 0 unspecified atom stereocenters. The van der Waals surface area contributed by atoms with Gasteiger partial charge in [-0.3, -0.25) is 4.79 Å². The van der Waals surface area contributed by atoms with E-state index in [0.717, 1.165) is 22.0 Å². The van der Waals surface area contributed by atoms with Gasteiger partial charge in [-0.1, -0.05) is 49.0 Å². The smallest absolute Gasteiger partial charge is 0.230 e. The van der Waals surface area contributed by atoms with Gasteiger partial charge in [-0.05, 0) is 20.3 Å². The molecule has 2 aromatic rings. The molecule has 0 aliphatic heterocycles. The molecule has 1 aromatic heterocycles. The van der Waals surface area contributed by atoms with E-state index in [2.05, 4.69) is 17.2 Å². The van der Waals surface area contributed by atoms with Crippen LogP contribution in [0, 0.1) is 0 Å². The number of aromatic nitrogens is 1. The Balaban J connectivity index is 1.90. The van der Waals surface area contributed by atoms with E-state index in [0.29, 0.717) is 5.75 Å². The first-order valence-electron chi connectivity index (χ1n) is 6.95. The van der Waals surface area contributed by atoms with Crippen LogP contribution in [-0.4, -0.2) is 22.2 Å². The highest BCUT2D eigenvalue weighted by atomic mass is 32.2. The van der Waals surface area contributed by atoms with Crippen LogP contribution >= 0.6 is 23.1 Å². The first kappa shape index (κ1) is 16.0. The number of carbonyl (C=O) groups is 1. The minimum atomic E-state index is -0.143. The number of amides is 1. The summed E-state index contributed by atoms with van der Waals surface area (Å²) >= 11 is 3.07. The second-order valence-corrected chi connectivity index (χ2v) is 7.52. The maximum Gasteiger partial charge on any atom is 0.230 e. The summed E-state index contributed by atoms with van der Waals surface area (Å²) < 4.78 is 0.929. The molecular formula is C16H20N2OS2. The van der Waals surface area contributed by atoms with Crippen LogP contribution in [0.4, 0.5) is 0 Å². The van der Waals surface area contributed by atoms with Gasteiger partial charge in [0.1, 0.15) is 0 Å². The maximum atomic E-state index is 11.9. The molecule has 1 amide bonds. The lowest BCUT2D eigenvalue weighted by Crippen LogP contribution is -2.43. The third-order valence-corrected chi connectivity index (χ3v) is 5.26. The molecule has 0 radical (unpaired) electrons. The third kappa shape index (κ3) is 4.86. The molecule has 0 saturated carbocycles. The quantitative estimate of drug-likeness (QED) is 0.811. The standard InChI is InChI=1S/C16H20N2OS2/c1-4-16(2,3)18-14(19)11-21-15-17-13(10-20-15)12-8-6-5-7-9-12/h5-10H,4,11H2,1-3H3,(H,18,19). The lowest BCUT2D eigenvalue weighted by atomic mass is 10.0. The van der Waals surface area contributed by atoms with Crippen LogP contribution in [0.3, 0.4) is 0 Å². The van der Waals surface area contributed by atoms with Crippen LogP contribution < -0.4 is 5.32 Å². The fourth-order valence-corrected chi connectivity index (χ4v) is 3.33. The van der Waals surface area contributed by atoms with Crippen LogP contribution in [0.2, 0.25) is 0 Å². The van der Waals surface area contributed by atoms with E-state index >= 15 is 0 Å². The molecule has 112 valence electrons. The topological polar surface area (TPSA) is 42.0 Å². The minimum Gasteiger partial charge on any atom is -0.351 e. The van der Waals surface area contributed by atoms with Gasteiger partial charge >= 0.3 is 0 Å². The van der Waals surface area contributed by atoms with Gasteiger partial charge in [0, 0.05) is 16.5 Å². The number of carbonyl (C=O) groups excluding carboxylic acids is 1. The van der Waals surface area contributed by atoms with Crippen molar-refractivity contribution in [3.8, 4) is 11.3 Å². The summed E-state index contributed by atoms with van der Waals surface area (Å²) in [5.41, 5.74) is 1.94. The summed E-state index contributed by atoms with van der Waals surface area (Å²) in [6.07, 6.45) is 0.915. The van der Waals surface area contributed by atoms with Crippen molar-refractivity contribution < 1.29 is 4.79 Å². The predicted octanol–water partition coefficient (Wildman–Crippen LogP) is 4.21. The van der Waals surface area contributed by atoms with E-state index in [4.69, 9.17) is 0 Å². The second kappa shape index (κ2) is 7.09. The second-order valence-electron chi connectivity index (χ2n) is 5.44. The molecular weight excluding hydrogens is 300 g/mol. The van der Waals surface area contributed by atoms with E-state index in [9.17, 15) is 4.79 Å². The molecule has 3 nitrogen and oxygen atoms in total.